The van der Waals surface area contributed by atoms with Gasteiger partial charge in [-0.25, -0.2) is 13.1 Å². The van der Waals surface area contributed by atoms with Crippen LogP contribution in [0.25, 0.3) is 0 Å². The first kappa shape index (κ1) is 18.6. The summed E-state index contributed by atoms with van der Waals surface area (Å²) in [5.74, 6) is 0. The Hall–Kier alpha value is -1.72. The summed E-state index contributed by atoms with van der Waals surface area (Å²) in [6.07, 6.45) is 0. The van der Waals surface area contributed by atoms with Gasteiger partial charge in [0, 0.05) is 12.6 Å². The molecular formula is C17H21N3O2S2. The lowest BCUT2D eigenvalue weighted by Gasteiger charge is -2.29. The summed E-state index contributed by atoms with van der Waals surface area (Å²) < 4.78 is 27.7. The summed E-state index contributed by atoms with van der Waals surface area (Å²) in [6.45, 7) is 6.13. The van der Waals surface area contributed by atoms with Crippen molar-refractivity contribution < 1.29 is 8.42 Å². The van der Waals surface area contributed by atoms with Crippen LogP contribution in [-0.2, 0) is 10.0 Å². The molecule has 0 radical (unpaired) electrons. The zero-order valence-electron chi connectivity index (χ0n) is 13.8. The normalized spacial score (nSPS) is 12.9. The highest BCUT2D eigenvalue weighted by atomic mass is 32.2. The molecule has 0 spiro atoms. The third kappa shape index (κ3) is 4.42. The first-order valence-corrected chi connectivity index (χ1v) is 10.2. The van der Waals surface area contributed by atoms with Crippen LogP contribution >= 0.6 is 11.3 Å². The third-order valence-electron chi connectivity index (χ3n) is 3.94. The highest BCUT2D eigenvalue weighted by Crippen LogP contribution is 2.23. The van der Waals surface area contributed by atoms with Crippen molar-refractivity contribution in [3.63, 3.8) is 0 Å². The Morgan fingerprint density at radius 1 is 1.21 bits per heavy atom. The number of nitrogens with zero attached hydrogens (tertiary/aromatic N) is 2. The quantitative estimate of drug-likeness (QED) is 0.782. The average molecular weight is 364 g/mol. The number of hydrogen-bond donors (Lipinski definition) is 1. The number of benzene rings is 1. The molecule has 128 valence electrons. The minimum absolute atomic E-state index is 0.000549. The maximum atomic E-state index is 12.5. The number of sulfonamides is 1. The molecule has 1 heterocycles. The van der Waals surface area contributed by atoms with E-state index in [4.69, 9.17) is 5.26 Å². The number of rotatable bonds is 8. The Morgan fingerprint density at radius 2 is 1.88 bits per heavy atom. The zero-order chi connectivity index (χ0) is 17.6. The van der Waals surface area contributed by atoms with Gasteiger partial charge in [-0.2, -0.15) is 16.6 Å². The highest BCUT2D eigenvalue weighted by molar-refractivity contribution is 7.89. The summed E-state index contributed by atoms with van der Waals surface area (Å²) >= 11 is 1.61. The molecule has 0 saturated heterocycles. The molecule has 1 aromatic carbocycles. The van der Waals surface area contributed by atoms with Gasteiger partial charge in [0.1, 0.15) is 0 Å². The SMILES string of the molecule is CCN(CC)C(CNS(=O)(=O)c1ccc(C#N)cc1)c1ccsc1. The molecule has 5 nitrogen and oxygen atoms in total. The van der Waals surface area contributed by atoms with E-state index >= 15 is 0 Å². The molecule has 0 saturated carbocycles. The predicted molar refractivity (Wildman–Crippen MR) is 96.3 cm³/mol. The molecule has 1 aromatic heterocycles. The van der Waals surface area contributed by atoms with Crippen LogP contribution in [0.5, 0.6) is 0 Å². The van der Waals surface area contributed by atoms with Crippen LogP contribution in [0.15, 0.2) is 46.0 Å². The third-order valence-corrected chi connectivity index (χ3v) is 6.08. The highest BCUT2D eigenvalue weighted by Gasteiger charge is 2.22. The van der Waals surface area contributed by atoms with Crippen LogP contribution in [-0.4, -0.2) is 33.0 Å². The minimum atomic E-state index is -3.60. The van der Waals surface area contributed by atoms with E-state index in [1.54, 1.807) is 11.3 Å². The van der Waals surface area contributed by atoms with E-state index in [1.807, 2.05) is 17.5 Å². The van der Waals surface area contributed by atoms with E-state index in [2.05, 4.69) is 28.8 Å². The molecule has 1 N–H and O–H groups in total. The first-order valence-electron chi connectivity index (χ1n) is 7.77. The number of nitriles is 1. The van der Waals surface area contributed by atoms with Crippen molar-refractivity contribution in [2.45, 2.75) is 24.8 Å². The van der Waals surface area contributed by atoms with Gasteiger partial charge < -0.3 is 0 Å². The molecule has 0 aliphatic heterocycles. The van der Waals surface area contributed by atoms with Gasteiger partial charge >= 0.3 is 0 Å². The van der Waals surface area contributed by atoms with Gasteiger partial charge in [0.25, 0.3) is 0 Å². The number of likely N-dealkylation sites (N-methyl/N-ethyl adjacent to an activating group) is 1. The molecule has 7 heteroatoms. The summed E-state index contributed by atoms with van der Waals surface area (Å²) in [5.41, 5.74) is 1.56. The van der Waals surface area contributed by atoms with E-state index < -0.39 is 10.0 Å². The van der Waals surface area contributed by atoms with E-state index in [9.17, 15) is 8.42 Å². The lowest BCUT2D eigenvalue weighted by molar-refractivity contribution is 0.220. The monoisotopic (exact) mass is 363 g/mol. The van der Waals surface area contributed by atoms with Gasteiger partial charge in [0.15, 0.2) is 0 Å². The molecule has 0 aliphatic rings. The van der Waals surface area contributed by atoms with Crippen molar-refractivity contribution in [1.29, 1.82) is 5.26 Å². The Labute approximate surface area is 147 Å². The van der Waals surface area contributed by atoms with Crippen LogP contribution in [0, 0.1) is 11.3 Å². The second kappa shape index (κ2) is 8.40. The second-order valence-corrected chi connectivity index (χ2v) is 7.83. The van der Waals surface area contributed by atoms with Gasteiger partial charge in [-0.05, 0) is 59.7 Å². The predicted octanol–water partition coefficient (Wildman–Crippen LogP) is 2.98. The lowest BCUT2D eigenvalue weighted by atomic mass is 10.1. The molecule has 0 bridgehead atoms. The van der Waals surface area contributed by atoms with Crippen molar-refractivity contribution >= 4 is 21.4 Å². The standard InChI is InChI=1S/C17H21N3O2S2/c1-3-20(4-2)17(15-9-10-23-13-15)12-19-24(21,22)16-7-5-14(11-18)6-8-16/h5-10,13,17,19H,3-4,12H2,1-2H3. The fourth-order valence-corrected chi connectivity index (χ4v) is 4.31. The van der Waals surface area contributed by atoms with Crippen LogP contribution in [0.4, 0.5) is 0 Å². The van der Waals surface area contributed by atoms with Gasteiger partial charge in [-0.1, -0.05) is 13.8 Å². The fourth-order valence-electron chi connectivity index (χ4n) is 2.57. The van der Waals surface area contributed by atoms with E-state index in [1.165, 1.54) is 24.3 Å². The van der Waals surface area contributed by atoms with Crippen LogP contribution < -0.4 is 4.72 Å². The smallest absolute Gasteiger partial charge is 0.240 e. The minimum Gasteiger partial charge on any atom is -0.296 e. The summed E-state index contributed by atoms with van der Waals surface area (Å²) in [7, 11) is -3.60. The number of nitrogens with one attached hydrogen (secondary N) is 1. The van der Waals surface area contributed by atoms with Crippen LogP contribution in [0.3, 0.4) is 0 Å². The van der Waals surface area contributed by atoms with Crippen molar-refractivity contribution in [3.8, 4) is 6.07 Å². The molecule has 0 aliphatic carbocycles. The largest absolute Gasteiger partial charge is 0.296 e. The Balaban J connectivity index is 2.16. The first-order chi connectivity index (χ1) is 11.5. The summed E-state index contributed by atoms with van der Waals surface area (Å²) in [4.78, 5) is 2.40. The van der Waals surface area contributed by atoms with Gasteiger partial charge in [-0.15, -0.1) is 0 Å². The fraction of sp³-hybridized carbons (Fsp3) is 0.353. The second-order valence-electron chi connectivity index (χ2n) is 5.28. The zero-order valence-corrected chi connectivity index (χ0v) is 15.4. The molecular weight excluding hydrogens is 342 g/mol. The Morgan fingerprint density at radius 3 is 2.38 bits per heavy atom. The topological polar surface area (TPSA) is 73.2 Å². The average Bonchev–Trinajstić information content (AvgIpc) is 3.13. The van der Waals surface area contributed by atoms with E-state index in [-0.39, 0.29) is 10.9 Å². The van der Waals surface area contributed by atoms with Crippen molar-refractivity contribution in [1.82, 2.24) is 9.62 Å². The van der Waals surface area contributed by atoms with E-state index in [0.29, 0.717) is 12.1 Å². The van der Waals surface area contributed by atoms with Crippen molar-refractivity contribution in [3.05, 3.63) is 52.2 Å². The van der Waals surface area contributed by atoms with Crippen LogP contribution in [0.2, 0.25) is 0 Å². The van der Waals surface area contributed by atoms with Gasteiger partial charge in [-0.3, -0.25) is 4.90 Å². The number of thiophene rings is 1. The lowest BCUT2D eigenvalue weighted by Crippen LogP contribution is -2.37. The molecule has 2 aromatic rings. The molecule has 0 fully saturated rings. The Bertz CT molecular complexity index is 774. The molecule has 24 heavy (non-hydrogen) atoms. The maximum Gasteiger partial charge on any atom is 0.240 e. The molecule has 1 atom stereocenters. The summed E-state index contributed by atoms with van der Waals surface area (Å²) in [6, 6.07) is 9.95. The van der Waals surface area contributed by atoms with Crippen molar-refractivity contribution in [2.24, 2.45) is 0 Å². The maximum absolute atomic E-state index is 12.5. The number of hydrogen-bond acceptors (Lipinski definition) is 5. The molecule has 1 unspecified atom stereocenters. The van der Waals surface area contributed by atoms with Gasteiger partial charge in [0.05, 0.1) is 16.5 Å². The van der Waals surface area contributed by atoms with E-state index in [0.717, 1.165) is 18.7 Å². The van der Waals surface area contributed by atoms with Crippen LogP contribution in [0.1, 0.15) is 31.0 Å². The Kier molecular flexibility index (Phi) is 6.52. The van der Waals surface area contributed by atoms with Crippen molar-refractivity contribution in [2.75, 3.05) is 19.6 Å². The van der Waals surface area contributed by atoms with Gasteiger partial charge in [0.2, 0.25) is 10.0 Å². The molecule has 2 rings (SSSR count). The molecule has 0 amide bonds. The summed E-state index contributed by atoms with van der Waals surface area (Å²) in [5, 5.41) is 12.9.